The molecular weight excluding hydrogens is 319 g/mol. The Labute approximate surface area is 136 Å². The van der Waals surface area contributed by atoms with Crippen LogP contribution in [-0.4, -0.2) is 20.2 Å². The number of hydrogen-bond acceptors (Lipinski definition) is 4. The van der Waals surface area contributed by atoms with Gasteiger partial charge < -0.3 is 5.73 Å². The Balaban J connectivity index is 2.09. The van der Waals surface area contributed by atoms with Crippen LogP contribution in [0.3, 0.4) is 0 Å². The molecular formula is C16H16F3N5. The summed E-state index contributed by atoms with van der Waals surface area (Å²) in [4.78, 5) is 8.04. The Morgan fingerprint density at radius 3 is 2.67 bits per heavy atom. The smallest absolute Gasteiger partial charge is 0.186 e. The van der Waals surface area contributed by atoms with Crippen molar-refractivity contribution in [3.63, 3.8) is 0 Å². The normalized spacial score (nSPS) is 11.3. The fraction of sp³-hybridized carbons (Fsp3) is 0.312. The molecule has 0 bridgehead atoms. The van der Waals surface area contributed by atoms with Crippen molar-refractivity contribution >= 4 is 16.7 Å². The lowest BCUT2D eigenvalue weighted by molar-refractivity contribution is 0.585. The van der Waals surface area contributed by atoms with Crippen molar-refractivity contribution in [3.05, 3.63) is 35.3 Å². The van der Waals surface area contributed by atoms with Gasteiger partial charge in [-0.05, 0) is 18.9 Å². The number of fused-ring (bicyclic) bond motifs is 1. The zero-order valence-corrected chi connectivity index (χ0v) is 13.0. The number of hydrogen-bond donors (Lipinski definition) is 2. The van der Waals surface area contributed by atoms with Gasteiger partial charge in [-0.3, -0.25) is 5.10 Å². The molecule has 0 aliphatic carbocycles. The highest BCUT2D eigenvalue weighted by Gasteiger charge is 2.19. The van der Waals surface area contributed by atoms with E-state index in [-0.39, 0.29) is 33.9 Å². The van der Waals surface area contributed by atoms with Crippen LogP contribution >= 0.6 is 0 Å². The summed E-state index contributed by atoms with van der Waals surface area (Å²) in [7, 11) is 0. The summed E-state index contributed by atoms with van der Waals surface area (Å²) in [6, 6.07) is 1.87. The third-order valence-electron chi connectivity index (χ3n) is 3.76. The van der Waals surface area contributed by atoms with Gasteiger partial charge in [-0.15, -0.1) is 0 Å². The molecule has 0 aliphatic rings. The van der Waals surface area contributed by atoms with Crippen LogP contribution in [0.25, 0.3) is 22.4 Å². The molecule has 0 radical (unpaired) electrons. The summed E-state index contributed by atoms with van der Waals surface area (Å²) < 4.78 is 41.4. The fourth-order valence-electron chi connectivity index (χ4n) is 2.54. The Hall–Kier alpha value is -2.64. The second-order valence-corrected chi connectivity index (χ2v) is 5.53. The summed E-state index contributed by atoms with van der Waals surface area (Å²) in [6.45, 7) is 2.04. The van der Waals surface area contributed by atoms with E-state index in [4.69, 9.17) is 5.73 Å². The summed E-state index contributed by atoms with van der Waals surface area (Å²) in [5.74, 6) is -2.45. The van der Waals surface area contributed by atoms with E-state index in [1.807, 2.05) is 6.92 Å². The molecule has 0 spiro atoms. The van der Waals surface area contributed by atoms with E-state index in [0.29, 0.717) is 6.42 Å². The molecule has 2 aromatic heterocycles. The first kappa shape index (κ1) is 16.2. The predicted molar refractivity (Wildman–Crippen MR) is 84.6 cm³/mol. The lowest BCUT2D eigenvalue weighted by Crippen LogP contribution is -2.06. The molecule has 0 saturated carbocycles. The van der Waals surface area contributed by atoms with Crippen LogP contribution in [0, 0.1) is 17.5 Å². The van der Waals surface area contributed by atoms with Crippen molar-refractivity contribution in [1.29, 1.82) is 0 Å². The summed E-state index contributed by atoms with van der Waals surface area (Å²) in [5.41, 5.74) is 5.97. The van der Waals surface area contributed by atoms with Crippen LogP contribution in [0.5, 0.6) is 0 Å². The monoisotopic (exact) mass is 335 g/mol. The molecule has 3 N–H and O–H groups in total. The van der Waals surface area contributed by atoms with E-state index in [2.05, 4.69) is 20.2 Å². The Kier molecular flexibility index (Phi) is 4.37. The van der Waals surface area contributed by atoms with Gasteiger partial charge in [-0.2, -0.15) is 5.10 Å². The number of aryl methyl sites for hydroxylation is 1. The minimum Gasteiger partial charge on any atom is -0.381 e. The minimum atomic E-state index is -0.776. The molecule has 0 amide bonds. The van der Waals surface area contributed by atoms with Crippen molar-refractivity contribution in [2.24, 2.45) is 0 Å². The third kappa shape index (κ3) is 2.91. The van der Waals surface area contributed by atoms with Gasteiger partial charge in [-0.25, -0.2) is 23.1 Å². The fourth-order valence-corrected chi connectivity index (χ4v) is 2.54. The molecule has 126 valence electrons. The van der Waals surface area contributed by atoms with E-state index in [0.717, 1.165) is 31.4 Å². The number of aromatic nitrogens is 4. The second-order valence-electron chi connectivity index (χ2n) is 5.53. The van der Waals surface area contributed by atoms with Crippen LogP contribution in [0.2, 0.25) is 0 Å². The number of nitrogens with one attached hydrogen (secondary N) is 1. The van der Waals surface area contributed by atoms with Crippen LogP contribution in [0.4, 0.5) is 19.0 Å². The molecule has 0 saturated heterocycles. The predicted octanol–water partition coefficient (Wildman–Crippen LogP) is 3.75. The number of H-pyrrole nitrogens is 1. The number of rotatable bonds is 5. The molecule has 24 heavy (non-hydrogen) atoms. The van der Waals surface area contributed by atoms with Gasteiger partial charge >= 0.3 is 0 Å². The van der Waals surface area contributed by atoms with Gasteiger partial charge in [0.2, 0.25) is 0 Å². The standard InChI is InChI=1S/C16H16F3N5/c1-2-3-4-5-11-12(19)15(20)22-16(21-11)14-9-6-8(17)7-10(18)13(9)23-24-14/h6-7H,2-5H2,1H3,(H,23,24)(H2,20,21,22). The molecule has 8 heteroatoms. The molecule has 0 fully saturated rings. The number of aromatic amines is 1. The van der Waals surface area contributed by atoms with Crippen molar-refractivity contribution in [1.82, 2.24) is 20.2 Å². The Morgan fingerprint density at radius 2 is 1.92 bits per heavy atom. The summed E-state index contributed by atoms with van der Waals surface area (Å²) in [5, 5.41) is 6.60. The number of halogens is 3. The number of nitrogens with zero attached hydrogens (tertiary/aromatic N) is 3. The quantitative estimate of drug-likeness (QED) is 0.696. The first-order valence-electron chi connectivity index (χ1n) is 7.66. The number of nitrogens with two attached hydrogens (primary N) is 1. The molecule has 2 heterocycles. The maximum Gasteiger partial charge on any atom is 0.186 e. The highest BCUT2D eigenvalue weighted by atomic mass is 19.1. The lowest BCUT2D eigenvalue weighted by Gasteiger charge is -2.06. The third-order valence-corrected chi connectivity index (χ3v) is 3.76. The zero-order valence-electron chi connectivity index (χ0n) is 13.0. The van der Waals surface area contributed by atoms with Crippen molar-refractivity contribution in [3.8, 4) is 11.5 Å². The highest BCUT2D eigenvalue weighted by molar-refractivity contribution is 5.91. The van der Waals surface area contributed by atoms with Gasteiger partial charge in [0.05, 0.1) is 5.69 Å². The van der Waals surface area contributed by atoms with Crippen molar-refractivity contribution < 1.29 is 13.2 Å². The Morgan fingerprint density at radius 1 is 1.12 bits per heavy atom. The number of benzene rings is 1. The van der Waals surface area contributed by atoms with E-state index in [9.17, 15) is 13.2 Å². The SMILES string of the molecule is CCCCCc1nc(-c2n[nH]c3c(F)cc(F)cc23)nc(N)c1F. The van der Waals surface area contributed by atoms with E-state index < -0.39 is 17.5 Å². The molecule has 0 atom stereocenters. The van der Waals surface area contributed by atoms with Crippen molar-refractivity contribution in [2.45, 2.75) is 32.6 Å². The maximum atomic E-state index is 14.1. The average molecular weight is 335 g/mol. The first-order chi connectivity index (χ1) is 11.5. The van der Waals surface area contributed by atoms with Crippen LogP contribution in [0.1, 0.15) is 31.9 Å². The highest BCUT2D eigenvalue weighted by Crippen LogP contribution is 2.28. The molecule has 3 rings (SSSR count). The molecule has 1 aromatic carbocycles. The van der Waals surface area contributed by atoms with E-state index >= 15 is 0 Å². The average Bonchev–Trinajstić information content (AvgIpc) is 2.95. The van der Waals surface area contributed by atoms with Gasteiger partial charge in [0.25, 0.3) is 0 Å². The maximum absolute atomic E-state index is 14.1. The first-order valence-corrected chi connectivity index (χ1v) is 7.66. The largest absolute Gasteiger partial charge is 0.381 e. The van der Waals surface area contributed by atoms with Gasteiger partial charge in [0.1, 0.15) is 17.0 Å². The van der Waals surface area contributed by atoms with Crippen LogP contribution < -0.4 is 5.73 Å². The lowest BCUT2D eigenvalue weighted by atomic mass is 10.1. The van der Waals surface area contributed by atoms with Crippen LogP contribution in [-0.2, 0) is 6.42 Å². The minimum absolute atomic E-state index is 0.0328. The van der Waals surface area contributed by atoms with Crippen molar-refractivity contribution in [2.75, 3.05) is 5.73 Å². The number of nitrogen functional groups attached to an aromatic ring is 1. The second kappa shape index (κ2) is 6.46. The van der Waals surface area contributed by atoms with Gasteiger partial charge in [0.15, 0.2) is 23.3 Å². The number of anilines is 1. The zero-order chi connectivity index (χ0) is 17.3. The summed E-state index contributed by atoms with van der Waals surface area (Å²) in [6.07, 6.45) is 3.08. The molecule has 0 aliphatic heterocycles. The van der Waals surface area contributed by atoms with Crippen LogP contribution in [0.15, 0.2) is 12.1 Å². The van der Waals surface area contributed by atoms with Gasteiger partial charge in [-0.1, -0.05) is 19.8 Å². The van der Waals surface area contributed by atoms with E-state index in [1.54, 1.807) is 0 Å². The van der Waals surface area contributed by atoms with E-state index in [1.165, 1.54) is 0 Å². The molecule has 0 unspecified atom stereocenters. The topological polar surface area (TPSA) is 80.5 Å². The Bertz CT molecular complexity index is 891. The van der Waals surface area contributed by atoms with Gasteiger partial charge in [0, 0.05) is 11.5 Å². The molecule has 3 aromatic rings. The number of unbranched alkanes of at least 4 members (excludes halogenated alkanes) is 2. The molecule has 5 nitrogen and oxygen atoms in total. The summed E-state index contributed by atoms with van der Waals surface area (Å²) >= 11 is 0.